The molecule has 1 aromatic heterocycles. The van der Waals surface area contributed by atoms with Crippen LogP contribution in [0.3, 0.4) is 0 Å². The van der Waals surface area contributed by atoms with Gasteiger partial charge in [0, 0.05) is 24.8 Å². The van der Waals surface area contributed by atoms with Crippen molar-refractivity contribution < 1.29 is 9.32 Å². The molecule has 2 aromatic rings. The van der Waals surface area contributed by atoms with Crippen LogP contribution in [0.2, 0.25) is 5.02 Å². The number of aryl methyl sites for hydroxylation is 1. The molecule has 1 fully saturated rings. The summed E-state index contributed by atoms with van der Waals surface area (Å²) in [6.07, 6.45) is 5.54. The standard InChI is InChI=1S/C19H24ClN3O2/c1-2-6-14-11-16(25-22-14)13-21-19(24)17-12-15(7-8-18(17)20)23-9-4-3-5-10-23/h7-8,11-12H,2-6,9-10,13H2,1H3,(H,21,24). The number of nitrogens with one attached hydrogen (secondary N) is 1. The van der Waals surface area contributed by atoms with Crippen molar-refractivity contribution in [3.63, 3.8) is 0 Å². The van der Waals surface area contributed by atoms with Crippen LogP contribution in [-0.2, 0) is 13.0 Å². The van der Waals surface area contributed by atoms with Crippen molar-refractivity contribution in [1.82, 2.24) is 10.5 Å². The van der Waals surface area contributed by atoms with Crippen LogP contribution in [0.15, 0.2) is 28.8 Å². The predicted octanol–water partition coefficient (Wildman–Crippen LogP) is 4.20. The van der Waals surface area contributed by atoms with Gasteiger partial charge in [-0.05, 0) is 43.9 Å². The van der Waals surface area contributed by atoms with Gasteiger partial charge in [-0.15, -0.1) is 0 Å². The van der Waals surface area contributed by atoms with Crippen LogP contribution < -0.4 is 10.2 Å². The number of nitrogens with zero attached hydrogens (tertiary/aromatic N) is 2. The molecule has 1 N–H and O–H groups in total. The summed E-state index contributed by atoms with van der Waals surface area (Å²) in [5.41, 5.74) is 2.47. The van der Waals surface area contributed by atoms with Gasteiger partial charge in [-0.3, -0.25) is 4.79 Å². The van der Waals surface area contributed by atoms with Gasteiger partial charge in [-0.1, -0.05) is 30.1 Å². The molecule has 1 aromatic carbocycles. The highest BCUT2D eigenvalue weighted by Gasteiger charge is 2.16. The molecule has 0 spiro atoms. The molecule has 3 rings (SSSR count). The number of benzene rings is 1. The van der Waals surface area contributed by atoms with Gasteiger partial charge in [0.1, 0.15) is 0 Å². The molecule has 1 aliphatic rings. The lowest BCUT2D eigenvalue weighted by Gasteiger charge is -2.29. The molecule has 6 heteroatoms. The minimum atomic E-state index is -0.197. The van der Waals surface area contributed by atoms with Gasteiger partial charge in [0.15, 0.2) is 5.76 Å². The van der Waals surface area contributed by atoms with E-state index in [1.165, 1.54) is 19.3 Å². The maximum Gasteiger partial charge on any atom is 0.253 e. The largest absolute Gasteiger partial charge is 0.372 e. The fourth-order valence-electron chi connectivity index (χ4n) is 3.11. The fourth-order valence-corrected chi connectivity index (χ4v) is 3.32. The fraction of sp³-hybridized carbons (Fsp3) is 0.474. The van der Waals surface area contributed by atoms with Crippen molar-refractivity contribution in [3.8, 4) is 0 Å². The lowest BCUT2D eigenvalue weighted by Crippen LogP contribution is -2.30. The summed E-state index contributed by atoms with van der Waals surface area (Å²) in [5, 5.41) is 7.32. The van der Waals surface area contributed by atoms with Crippen molar-refractivity contribution >= 4 is 23.2 Å². The summed E-state index contributed by atoms with van der Waals surface area (Å²) < 4.78 is 5.25. The van der Waals surface area contributed by atoms with Gasteiger partial charge in [0.05, 0.1) is 22.8 Å². The molecule has 0 saturated carbocycles. The van der Waals surface area contributed by atoms with Gasteiger partial charge in [0.2, 0.25) is 0 Å². The highest BCUT2D eigenvalue weighted by molar-refractivity contribution is 6.34. The Morgan fingerprint density at radius 2 is 2.08 bits per heavy atom. The average molecular weight is 362 g/mol. The van der Waals surface area contributed by atoms with Crippen LogP contribution in [0.4, 0.5) is 5.69 Å². The molecular formula is C19H24ClN3O2. The molecule has 25 heavy (non-hydrogen) atoms. The smallest absolute Gasteiger partial charge is 0.253 e. The van der Waals surface area contributed by atoms with Gasteiger partial charge >= 0.3 is 0 Å². The second-order valence-corrected chi connectivity index (χ2v) is 6.84. The molecule has 2 heterocycles. The number of hydrogen-bond donors (Lipinski definition) is 1. The quantitative estimate of drug-likeness (QED) is 0.837. The molecular weight excluding hydrogens is 338 g/mol. The second-order valence-electron chi connectivity index (χ2n) is 6.43. The van der Waals surface area contributed by atoms with Crippen LogP contribution in [0, 0.1) is 0 Å². The monoisotopic (exact) mass is 361 g/mol. The third-order valence-electron chi connectivity index (χ3n) is 4.45. The normalized spacial score (nSPS) is 14.6. The zero-order valence-corrected chi connectivity index (χ0v) is 15.3. The zero-order chi connectivity index (χ0) is 17.6. The first-order valence-electron chi connectivity index (χ1n) is 8.94. The van der Waals surface area contributed by atoms with Crippen LogP contribution in [0.1, 0.15) is 54.4 Å². The Kier molecular flexibility index (Phi) is 5.97. The Morgan fingerprint density at radius 1 is 1.28 bits per heavy atom. The molecule has 0 unspecified atom stereocenters. The van der Waals surface area contributed by atoms with Crippen LogP contribution in [0.5, 0.6) is 0 Å². The zero-order valence-electron chi connectivity index (χ0n) is 14.6. The summed E-state index contributed by atoms with van der Waals surface area (Å²) in [5.74, 6) is 0.456. The Hall–Kier alpha value is -2.01. The highest BCUT2D eigenvalue weighted by atomic mass is 35.5. The summed E-state index contributed by atoms with van der Waals surface area (Å²) in [7, 11) is 0. The summed E-state index contributed by atoms with van der Waals surface area (Å²) in [4.78, 5) is 14.8. The number of carbonyl (C=O) groups is 1. The van der Waals surface area contributed by atoms with Gasteiger partial charge in [-0.25, -0.2) is 0 Å². The Labute approximate surface area is 153 Å². The lowest BCUT2D eigenvalue weighted by atomic mass is 10.1. The first-order valence-corrected chi connectivity index (χ1v) is 9.32. The molecule has 0 bridgehead atoms. The molecule has 0 atom stereocenters. The Balaban J connectivity index is 1.66. The Bertz CT molecular complexity index is 723. The summed E-state index contributed by atoms with van der Waals surface area (Å²) >= 11 is 6.24. The minimum absolute atomic E-state index is 0.197. The SMILES string of the molecule is CCCc1cc(CNC(=O)c2cc(N3CCCCC3)ccc2Cl)on1. The van der Waals surface area contributed by atoms with Crippen LogP contribution in [-0.4, -0.2) is 24.2 Å². The van der Waals surface area contributed by atoms with E-state index in [2.05, 4.69) is 22.3 Å². The van der Waals surface area contributed by atoms with Crippen LogP contribution >= 0.6 is 11.6 Å². The predicted molar refractivity (Wildman–Crippen MR) is 99.2 cm³/mol. The maximum atomic E-state index is 12.5. The third-order valence-corrected chi connectivity index (χ3v) is 4.78. The first-order chi connectivity index (χ1) is 12.2. The molecule has 1 saturated heterocycles. The number of hydrogen-bond acceptors (Lipinski definition) is 4. The van der Waals surface area contributed by atoms with E-state index < -0.39 is 0 Å². The molecule has 1 aliphatic heterocycles. The van der Waals surface area contributed by atoms with E-state index in [9.17, 15) is 4.79 Å². The average Bonchev–Trinajstić information content (AvgIpc) is 3.09. The van der Waals surface area contributed by atoms with E-state index in [0.29, 0.717) is 22.9 Å². The van der Waals surface area contributed by atoms with Crippen molar-refractivity contribution in [2.45, 2.75) is 45.6 Å². The molecule has 134 valence electrons. The molecule has 1 amide bonds. The van der Waals surface area contributed by atoms with E-state index in [-0.39, 0.29) is 5.91 Å². The van der Waals surface area contributed by atoms with E-state index in [4.69, 9.17) is 16.1 Å². The van der Waals surface area contributed by atoms with Gasteiger partial charge < -0.3 is 14.7 Å². The number of carbonyl (C=O) groups excluding carboxylic acids is 1. The van der Waals surface area contributed by atoms with E-state index in [0.717, 1.165) is 37.3 Å². The number of halogens is 1. The summed E-state index contributed by atoms with van der Waals surface area (Å²) in [6.45, 7) is 4.45. The number of piperidine rings is 1. The number of aromatic nitrogens is 1. The van der Waals surface area contributed by atoms with Crippen molar-refractivity contribution in [2.75, 3.05) is 18.0 Å². The third kappa shape index (κ3) is 4.54. The summed E-state index contributed by atoms with van der Waals surface area (Å²) in [6, 6.07) is 7.55. The number of rotatable bonds is 6. The molecule has 0 aliphatic carbocycles. The van der Waals surface area contributed by atoms with E-state index in [1.807, 2.05) is 18.2 Å². The Morgan fingerprint density at radius 3 is 2.84 bits per heavy atom. The molecule has 0 radical (unpaired) electrons. The lowest BCUT2D eigenvalue weighted by molar-refractivity contribution is 0.0947. The van der Waals surface area contributed by atoms with Crippen molar-refractivity contribution in [3.05, 3.63) is 46.3 Å². The first kappa shape index (κ1) is 17.8. The maximum absolute atomic E-state index is 12.5. The second kappa shape index (κ2) is 8.39. The highest BCUT2D eigenvalue weighted by Crippen LogP contribution is 2.25. The number of anilines is 1. The van der Waals surface area contributed by atoms with Crippen molar-refractivity contribution in [2.24, 2.45) is 0 Å². The van der Waals surface area contributed by atoms with E-state index >= 15 is 0 Å². The van der Waals surface area contributed by atoms with Gasteiger partial charge in [0.25, 0.3) is 5.91 Å². The van der Waals surface area contributed by atoms with Gasteiger partial charge in [-0.2, -0.15) is 0 Å². The number of amides is 1. The molecule has 5 nitrogen and oxygen atoms in total. The van der Waals surface area contributed by atoms with Crippen molar-refractivity contribution in [1.29, 1.82) is 0 Å². The minimum Gasteiger partial charge on any atom is -0.372 e. The van der Waals surface area contributed by atoms with E-state index in [1.54, 1.807) is 6.07 Å². The van der Waals surface area contributed by atoms with Crippen LogP contribution in [0.25, 0.3) is 0 Å². The topological polar surface area (TPSA) is 58.4 Å².